The molecule has 0 aliphatic carbocycles. The molecule has 6 heteroatoms. The van der Waals surface area contributed by atoms with Gasteiger partial charge in [0.25, 0.3) is 0 Å². The zero-order valence-electron chi connectivity index (χ0n) is 7.39. The molecule has 5 nitrogen and oxygen atoms in total. The number of hydrogen-bond donors (Lipinski definition) is 3. The maximum absolute atomic E-state index is 11.0. The second-order valence-electron chi connectivity index (χ2n) is 3.47. The molecule has 0 amide bonds. The predicted molar refractivity (Wildman–Crippen MR) is 46.9 cm³/mol. The van der Waals surface area contributed by atoms with E-state index < -0.39 is 15.9 Å². The quantitative estimate of drug-likeness (QED) is 0.464. The van der Waals surface area contributed by atoms with E-state index in [0.717, 1.165) is 0 Å². The summed E-state index contributed by atoms with van der Waals surface area (Å²) in [5.41, 5.74) is 0. The smallest absolute Gasteiger partial charge is 0.156 e. The molecule has 13 heavy (non-hydrogen) atoms. The van der Waals surface area contributed by atoms with Gasteiger partial charge in [-0.25, -0.2) is 8.42 Å². The van der Waals surface area contributed by atoms with Gasteiger partial charge in [-0.2, -0.15) is 0 Å². The molecule has 2 atom stereocenters. The first-order chi connectivity index (χ1) is 6.03. The fraction of sp³-hybridized carbons (Fsp3) is 1.00. The van der Waals surface area contributed by atoms with Crippen LogP contribution in [0.3, 0.4) is 0 Å². The van der Waals surface area contributed by atoms with Crippen molar-refractivity contribution in [3.63, 3.8) is 0 Å². The van der Waals surface area contributed by atoms with Crippen molar-refractivity contribution in [3.05, 3.63) is 0 Å². The monoisotopic (exact) mass is 210 g/mol. The number of hydrogen-bond acceptors (Lipinski definition) is 4. The van der Waals surface area contributed by atoms with Gasteiger partial charge in [0.15, 0.2) is 9.84 Å². The van der Waals surface area contributed by atoms with Crippen LogP contribution in [0.25, 0.3) is 0 Å². The molecule has 0 radical (unpaired) electrons. The van der Waals surface area contributed by atoms with E-state index in [1.807, 2.05) is 0 Å². The maximum Gasteiger partial charge on any atom is 0.156 e. The van der Waals surface area contributed by atoms with E-state index in [-0.39, 0.29) is 24.2 Å². The van der Waals surface area contributed by atoms with Gasteiger partial charge < -0.3 is 15.5 Å². The van der Waals surface area contributed by atoms with E-state index in [1.54, 1.807) is 5.32 Å². The molecule has 1 rings (SSSR count). The molecular weight excluding hydrogens is 194 g/mol. The van der Waals surface area contributed by atoms with Crippen LogP contribution in [0.5, 0.6) is 0 Å². The lowest BCUT2D eigenvalue weighted by Gasteiger charge is -2.09. The lowest BCUT2D eigenvalue weighted by molar-refractivity contribution is -0.690. The van der Waals surface area contributed by atoms with Crippen molar-refractivity contribution in [1.82, 2.24) is 0 Å². The lowest BCUT2D eigenvalue weighted by atomic mass is 10.2. The third kappa shape index (κ3) is 3.60. The van der Waals surface area contributed by atoms with Crippen molar-refractivity contribution in [2.75, 3.05) is 24.7 Å². The molecule has 1 fully saturated rings. The first-order valence-electron chi connectivity index (χ1n) is 4.36. The van der Waals surface area contributed by atoms with Crippen molar-refractivity contribution < 1.29 is 23.9 Å². The highest BCUT2D eigenvalue weighted by Crippen LogP contribution is 2.07. The van der Waals surface area contributed by atoms with Gasteiger partial charge in [0.1, 0.15) is 24.4 Å². The second-order valence-corrected chi connectivity index (χ2v) is 5.70. The normalized spacial score (nSPS) is 28.9. The van der Waals surface area contributed by atoms with Gasteiger partial charge in [0.05, 0.1) is 12.4 Å². The van der Waals surface area contributed by atoms with Crippen LogP contribution < -0.4 is 5.32 Å². The molecule has 0 bridgehead atoms. The van der Waals surface area contributed by atoms with Crippen LogP contribution in [0, 0.1) is 0 Å². The number of aliphatic hydroxyl groups excluding tert-OH is 2. The van der Waals surface area contributed by atoms with E-state index in [0.29, 0.717) is 13.0 Å². The summed E-state index contributed by atoms with van der Waals surface area (Å²) in [6.45, 7) is 0.104. The summed E-state index contributed by atoms with van der Waals surface area (Å²) >= 11 is 0. The molecule has 1 heterocycles. The number of nitrogens with two attached hydrogens (primary N) is 1. The van der Waals surface area contributed by atoms with Gasteiger partial charge in [0.2, 0.25) is 0 Å². The topological polar surface area (TPSA) is 91.2 Å². The summed E-state index contributed by atoms with van der Waals surface area (Å²) in [6.07, 6.45) is -0.0937. The number of quaternary nitrogens is 1. The van der Waals surface area contributed by atoms with Gasteiger partial charge in [0, 0.05) is 6.42 Å². The Morgan fingerprint density at radius 2 is 2.23 bits per heavy atom. The zero-order valence-corrected chi connectivity index (χ0v) is 8.20. The fourth-order valence-electron chi connectivity index (χ4n) is 1.43. The molecule has 0 saturated carbocycles. The zero-order chi connectivity index (χ0) is 9.90. The van der Waals surface area contributed by atoms with Gasteiger partial charge in [-0.1, -0.05) is 0 Å². The molecule has 1 aliphatic heterocycles. The molecule has 78 valence electrons. The van der Waals surface area contributed by atoms with Crippen LogP contribution in [-0.2, 0) is 9.84 Å². The average molecular weight is 210 g/mol. The lowest BCUT2D eigenvalue weighted by Crippen LogP contribution is -2.92. The van der Waals surface area contributed by atoms with E-state index in [1.165, 1.54) is 0 Å². The molecule has 0 spiro atoms. The largest absolute Gasteiger partial charge is 0.393 e. The molecule has 0 aromatic heterocycles. The number of rotatable bonds is 4. The van der Waals surface area contributed by atoms with Crippen molar-refractivity contribution >= 4 is 9.84 Å². The first kappa shape index (κ1) is 10.9. The molecule has 1 saturated heterocycles. The summed E-state index contributed by atoms with van der Waals surface area (Å²) < 4.78 is 22.0. The van der Waals surface area contributed by atoms with Crippen LogP contribution >= 0.6 is 0 Å². The Bertz CT molecular complexity index is 251. The third-order valence-electron chi connectivity index (χ3n) is 2.22. The van der Waals surface area contributed by atoms with E-state index in [4.69, 9.17) is 10.2 Å². The minimum atomic E-state index is -2.83. The van der Waals surface area contributed by atoms with Crippen molar-refractivity contribution in [1.29, 1.82) is 0 Å². The van der Waals surface area contributed by atoms with Crippen molar-refractivity contribution in [2.45, 2.75) is 18.6 Å². The summed E-state index contributed by atoms with van der Waals surface area (Å²) in [5, 5.41) is 19.3. The van der Waals surface area contributed by atoms with Crippen LogP contribution in [-0.4, -0.2) is 55.4 Å². The van der Waals surface area contributed by atoms with Gasteiger partial charge in [-0.3, -0.25) is 0 Å². The predicted octanol–water partition coefficient (Wildman–Crippen LogP) is -2.91. The minimum Gasteiger partial charge on any atom is -0.393 e. The highest BCUT2D eigenvalue weighted by molar-refractivity contribution is 7.91. The molecular formula is C7H16NO4S+. The summed E-state index contributed by atoms with van der Waals surface area (Å²) in [6, 6.07) is 0.0613. The van der Waals surface area contributed by atoms with Crippen molar-refractivity contribution in [3.8, 4) is 0 Å². The summed E-state index contributed by atoms with van der Waals surface area (Å²) in [5.74, 6) is 0.453. The van der Waals surface area contributed by atoms with Crippen molar-refractivity contribution in [2.24, 2.45) is 0 Å². The maximum atomic E-state index is 11.0. The van der Waals surface area contributed by atoms with Crippen LogP contribution in [0.15, 0.2) is 0 Å². The average Bonchev–Trinajstić information content (AvgIpc) is 2.41. The first-order valence-corrected chi connectivity index (χ1v) is 6.18. The number of aliphatic hydroxyl groups is 2. The Kier molecular flexibility index (Phi) is 3.66. The Balaban J connectivity index is 2.25. The molecule has 0 aromatic carbocycles. The SMILES string of the molecule is O=S1(=O)CCC([NH2+]CC(O)CO)C1. The Labute approximate surface area is 77.7 Å². The van der Waals surface area contributed by atoms with Gasteiger partial charge in [-0.15, -0.1) is 0 Å². The standard InChI is InChI=1S/C7H15NO4S/c9-4-7(10)3-8-6-1-2-13(11,12)5-6/h6-10H,1-5H2/p+1. The summed E-state index contributed by atoms with van der Waals surface area (Å²) in [7, 11) is -2.83. The Morgan fingerprint density at radius 1 is 1.54 bits per heavy atom. The Hall–Kier alpha value is -0.170. The summed E-state index contributed by atoms with van der Waals surface area (Å²) in [4.78, 5) is 0. The van der Waals surface area contributed by atoms with E-state index in [2.05, 4.69) is 0 Å². The highest BCUT2D eigenvalue weighted by atomic mass is 32.2. The van der Waals surface area contributed by atoms with Crippen LogP contribution in [0.4, 0.5) is 0 Å². The van der Waals surface area contributed by atoms with Gasteiger partial charge in [-0.05, 0) is 0 Å². The van der Waals surface area contributed by atoms with Crippen LogP contribution in [0.2, 0.25) is 0 Å². The highest BCUT2D eigenvalue weighted by Gasteiger charge is 2.30. The fourth-order valence-corrected chi connectivity index (χ4v) is 3.22. The second kappa shape index (κ2) is 4.36. The Morgan fingerprint density at radius 3 is 2.69 bits per heavy atom. The van der Waals surface area contributed by atoms with E-state index in [9.17, 15) is 8.42 Å². The molecule has 4 N–H and O–H groups in total. The van der Waals surface area contributed by atoms with Gasteiger partial charge >= 0.3 is 0 Å². The van der Waals surface area contributed by atoms with Crippen LogP contribution in [0.1, 0.15) is 6.42 Å². The number of sulfone groups is 1. The minimum absolute atomic E-state index is 0.0613. The van der Waals surface area contributed by atoms with E-state index >= 15 is 0 Å². The molecule has 1 aliphatic rings. The molecule has 2 unspecified atom stereocenters. The third-order valence-corrected chi connectivity index (χ3v) is 4.01. The molecule has 0 aromatic rings.